The number of hydrogen-bond donors (Lipinski definition) is 2. The Hall–Kier alpha value is -2.43. The average molecular weight is 312 g/mol. The van der Waals surface area contributed by atoms with Crippen LogP contribution in [0.2, 0.25) is 0 Å². The van der Waals surface area contributed by atoms with Crippen LogP contribution in [0.15, 0.2) is 42.0 Å². The highest BCUT2D eigenvalue weighted by Crippen LogP contribution is 2.37. The first kappa shape index (κ1) is 15.5. The summed E-state index contributed by atoms with van der Waals surface area (Å²) >= 11 is 0. The molecule has 5 heteroatoms. The maximum Gasteiger partial charge on any atom is 0.232 e. The van der Waals surface area contributed by atoms with Crippen molar-refractivity contribution in [2.24, 2.45) is 17.8 Å². The minimum absolute atomic E-state index is 0.00581. The molecule has 0 aromatic heterocycles. The van der Waals surface area contributed by atoms with Gasteiger partial charge in [-0.25, -0.2) is 0 Å². The van der Waals surface area contributed by atoms with Gasteiger partial charge >= 0.3 is 0 Å². The molecule has 0 radical (unpaired) electrons. The molecule has 1 fully saturated rings. The summed E-state index contributed by atoms with van der Waals surface area (Å²) in [6.45, 7) is 3.83. The lowest BCUT2D eigenvalue weighted by Crippen LogP contribution is -2.49. The Morgan fingerprint density at radius 2 is 1.78 bits per heavy atom. The van der Waals surface area contributed by atoms with Gasteiger partial charge in [-0.15, -0.1) is 0 Å². The van der Waals surface area contributed by atoms with Crippen molar-refractivity contribution in [3.05, 3.63) is 47.5 Å². The molecule has 0 bridgehead atoms. The van der Waals surface area contributed by atoms with Crippen molar-refractivity contribution in [2.45, 2.75) is 26.3 Å². The zero-order valence-corrected chi connectivity index (χ0v) is 13.2. The lowest BCUT2D eigenvalue weighted by Gasteiger charge is -2.34. The Morgan fingerprint density at radius 1 is 1.13 bits per heavy atom. The van der Waals surface area contributed by atoms with Crippen LogP contribution < -0.4 is 10.6 Å². The zero-order chi connectivity index (χ0) is 16.6. The standard InChI is InChI=1S/C18H20N2O3/c1-10-8-11(2)16(15-14(10)17(22)20-18(15)23)19-13(21)9-12-6-4-3-5-7-12/h3-8,10,14-16H,9H2,1-2H3,(H,19,21)(H,20,22,23). The number of benzene rings is 1. The Morgan fingerprint density at radius 3 is 2.48 bits per heavy atom. The van der Waals surface area contributed by atoms with E-state index < -0.39 is 17.9 Å². The summed E-state index contributed by atoms with van der Waals surface area (Å²) in [5.41, 5.74) is 1.85. The molecule has 0 saturated carbocycles. The molecule has 1 heterocycles. The fourth-order valence-corrected chi connectivity index (χ4v) is 3.65. The van der Waals surface area contributed by atoms with Crippen LogP contribution in [0.1, 0.15) is 19.4 Å². The van der Waals surface area contributed by atoms with E-state index in [1.807, 2.05) is 50.3 Å². The molecule has 23 heavy (non-hydrogen) atoms. The summed E-state index contributed by atoms with van der Waals surface area (Å²) in [6, 6.07) is 9.03. The van der Waals surface area contributed by atoms with Crippen molar-refractivity contribution in [1.29, 1.82) is 0 Å². The number of carbonyl (C=O) groups excluding carboxylic acids is 3. The molecule has 4 atom stereocenters. The van der Waals surface area contributed by atoms with Crippen molar-refractivity contribution < 1.29 is 14.4 Å². The number of carbonyl (C=O) groups is 3. The number of fused-ring (bicyclic) bond motifs is 1. The third-order valence-corrected chi connectivity index (χ3v) is 4.70. The second kappa shape index (κ2) is 5.99. The second-order valence-electron chi connectivity index (χ2n) is 6.38. The van der Waals surface area contributed by atoms with Crippen LogP contribution >= 0.6 is 0 Å². The van der Waals surface area contributed by atoms with Crippen molar-refractivity contribution in [2.75, 3.05) is 0 Å². The summed E-state index contributed by atoms with van der Waals surface area (Å²) in [7, 11) is 0. The van der Waals surface area contributed by atoms with Gasteiger partial charge < -0.3 is 5.32 Å². The Kier molecular flexibility index (Phi) is 4.03. The van der Waals surface area contributed by atoms with Gasteiger partial charge in [0.05, 0.1) is 24.3 Å². The second-order valence-corrected chi connectivity index (χ2v) is 6.38. The first-order chi connectivity index (χ1) is 11.0. The number of allylic oxidation sites excluding steroid dienone is 1. The molecule has 1 aliphatic carbocycles. The van der Waals surface area contributed by atoms with Gasteiger partial charge in [-0.2, -0.15) is 0 Å². The first-order valence-electron chi connectivity index (χ1n) is 7.83. The largest absolute Gasteiger partial charge is 0.349 e. The highest BCUT2D eigenvalue weighted by atomic mass is 16.2. The molecule has 0 spiro atoms. The maximum absolute atomic E-state index is 12.3. The molecule has 1 aromatic carbocycles. The van der Waals surface area contributed by atoms with Gasteiger partial charge in [-0.3, -0.25) is 19.7 Å². The molecule has 1 aromatic rings. The molecule has 2 aliphatic rings. The number of amides is 3. The number of nitrogens with one attached hydrogen (secondary N) is 2. The zero-order valence-electron chi connectivity index (χ0n) is 13.2. The summed E-state index contributed by atoms with van der Waals surface area (Å²) in [5, 5.41) is 5.34. The van der Waals surface area contributed by atoms with Gasteiger partial charge in [-0.05, 0) is 18.4 Å². The van der Waals surface area contributed by atoms with Crippen molar-refractivity contribution in [3.8, 4) is 0 Å². The van der Waals surface area contributed by atoms with Crippen LogP contribution in [-0.4, -0.2) is 23.8 Å². The molecule has 1 aliphatic heterocycles. The van der Waals surface area contributed by atoms with Crippen LogP contribution in [0.25, 0.3) is 0 Å². The van der Waals surface area contributed by atoms with Crippen LogP contribution in [-0.2, 0) is 20.8 Å². The molecule has 1 saturated heterocycles. The van der Waals surface area contributed by atoms with E-state index in [9.17, 15) is 14.4 Å². The molecule has 4 unspecified atom stereocenters. The van der Waals surface area contributed by atoms with Crippen LogP contribution in [0.3, 0.4) is 0 Å². The van der Waals surface area contributed by atoms with E-state index in [0.29, 0.717) is 0 Å². The van der Waals surface area contributed by atoms with E-state index in [4.69, 9.17) is 0 Å². The summed E-state index contributed by atoms with van der Waals surface area (Å²) in [5.74, 6) is -1.58. The smallest absolute Gasteiger partial charge is 0.232 e. The predicted octanol–water partition coefficient (Wildman–Crippen LogP) is 1.20. The lowest BCUT2D eigenvalue weighted by atomic mass is 9.72. The van der Waals surface area contributed by atoms with E-state index in [2.05, 4.69) is 10.6 Å². The molecule has 120 valence electrons. The molecular formula is C18H20N2O3. The predicted molar refractivity (Wildman–Crippen MR) is 85.1 cm³/mol. The number of hydrogen-bond acceptors (Lipinski definition) is 3. The van der Waals surface area contributed by atoms with Crippen molar-refractivity contribution in [1.82, 2.24) is 10.6 Å². The van der Waals surface area contributed by atoms with Gasteiger partial charge in [0.15, 0.2) is 0 Å². The van der Waals surface area contributed by atoms with Gasteiger partial charge in [0.25, 0.3) is 0 Å². The molecule has 3 amide bonds. The summed E-state index contributed by atoms with van der Waals surface area (Å²) in [6.07, 6.45) is 2.24. The van der Waals surface area contributed by atoms with E-state index in [1.165, 1.54) is 0 Å². The van der Waals surface area contributed by atoms with Gasteiger partial charge in [0, 0.05) is 0 Å². The SMILES string of the molecule is CC1=CC(C)C2C(=O)NC(=O)C2C1NC(=O)Cc1ccccc1. The first-order valence-corrected chi connectivity index (χ1v) is 7.83. The van der Waals surface area contributed by atoms with E-state index in [1.54, 1.807) is 0 Å². The fraction of sp³-hybridized carbons (Fsp3) is 0.389. The van der Waals surface area contributed by atoms with Crippen LogP contribution in [0.5, 0.6) is 0 Å². The molecule has 5 nitrogen and oxygen atoms in total. The minimum Gasteiger partial charge on any atom is -0.349 e. The monoisotopic (exact) mass is 312 g/mol. The van der Waals surface area contributed by atoms with Crippen LogP contribution in [0.4, 0.5) is 0 Å². The minimum atomic E-state index is -0.512. The highest BCUT2D eigenvalue weighted by Gasteiger charge is 2.51. The van der Waals surface area contributed by atoms with Gasteiger partial charge in [0.2, 0.25) is 17.7 Å². The Labute approximate surface area is 135 Å². The van der Waals surface area contributed by atoms with Crippen molar-refractivity contribution >= 4 is 17.7 Å². The molecular weight excluding hydrogens is 292 g/mol. The number of imide groups is 1. The highest BCUT2D eigenvalue weighted by molar-refractivity contribution is 6.06. The van der Waals surface area contributed by atoms with E-state index >= 15 is 0 Å². The molecule has 3 rings (SSSR count). The fourth-order valence-electron chi connectivity index (χ4n) is 3.65. The normalized spacial score (nSPS) is 29.6. The maximum atomic E-state index is 12.3. The summed E-state index contributed by atoms with van der Waals surface area (Å²) in [4.78, 5) is 36.5. The van der Waals surface area contributed by atoms with Gasteiger partial charge in [-0.1, -0.05) is 48.9 Å². The molecule has 2 N–H and O–H groups in total. The topological polar surface area (TPSA) is 75.3 Å². The third kappa shape index (κ3) is 2.91. The Bertz CT molecular complexity index is 681. The third-order valence-electron chi connectivity index (χ3n) is 4.70. The summed E-state index contributed by atoms with van der Waals surface area (Å²) < 4.78 is 0. The van der Waals surface area contributed by atoms with E-state index in [-0.39, 0.29) is 30.1 Å². The quantitative estimate of drug-likeness (QED) is 0.650. The van der Waals surface area contributed by atoms with Gasteiger partial charge in [0.1, 0.15) is 0 Å². The van der Waals surface area contributed by atoms with E-state index in [0.717, 1.165) is 11.1 Å². The van der Waals surface area contributed by atoms with Crippen LogP contribution in [0, 0.1) is 17.8 Å². The number of rotatable bonds is 3. The lowest BCUT2D eigenvalue weighted by molar-refractivity contribution is -0.126. The Balaban J connectivity index is 1.78. The van der Waals surface area contributed by atoms with Crippen molar-refractivity contribution in [3.63, 3.8) is 0 Å². The average Bonchev–Trinajstić information content (AvgIpc) is 2.79.